The lowest BCUT2D eigenvalue weighted by molar-refractivity contribution is -0.119. The summed E-state index contributed by atoms with van der Waals surface area (Å²) in [5, 5.41) is 5.43. The molecule has 30 heavy (non-hydrogen) atoms. The maximum atomic E-state index is 11.7. The number of anilines is 2. The molecule has 2 aliphatic heterocycles. The third-order valence-electron chi connectivity index (χ3n) is 5.09. The normalized spacial score (nSPS) is 15.1. The monoisotopic (exact) mass is 410 g/mol. The average molecular weight is 410 g/mol. The van der Waals surface area contributed by atoms with Crippen LogP contribution in [0.4, 0.5) is 11.4 Å². The lowest BCUT2D eigenvalue weighted by Gasteiger charge is -2.14. The van der Waals surface area contributed by atoms with Crippen molar-refractivity contribution < 1.29 is 28.7 Å². The number of hydrogen-bond donors (Lipinski definition) is 2. The second-order valence-corrected chi connectivity index (χ2v) is 7.42. The van der Waals surface area contributed by atoms with Gasteiger partial charge in [-0.15, -0.1) is 0 Å². The zero-order valence-corrected chi connectivity index (χ0v) is 17.1. The molecule has 0 fully saturated rings. The predicted molar refractivity (Wildman–Crippen MR) is 110 cm³/mol. The minimum Gasteiger partial charge on any atom is -0.465 e. The van der Waals surface area contributed by atoms with Gasteiger partial charge in [-0.05, 0) is 49.2 Å². The molecule has 2 amide bonds. The maximum Gasteiger partial charge on any atom is 0.337 e. The lowest BCUT2D eigenvalue weighted by atomic mass is 9.86. The van der Waals surface area contributed by atoms with E-state index >= 15 is 0 Å². The summed E-state index contributed by atoms with van der Waals surface area (Å²) in [6.07, 6.45) is 0.386. The average Bonchev–Trinajstić information content (AvgIpc) is 3.21. The molecule has 156 valence electrons. The molecule has 0 atom stereocenters. The molecule has 2 aromatic rings. The topological polar surface area (TPSA) is 111 Å². The van der Waals surface area contributed by atoms with E-state index in [-0.39, 0.29) is 11.8 Å². The highest BCUT2D eigenvalue weighted by Gasteiger charge is 2.38. The van der Waals surface area contributed by atoms with Crippen molar-refractivity contribution in [2.45, 2.75) is 25.7 Å². The zero-order valence-electron chi connectivity index (χ0n) is 17.1. The van der Waals surface area contributed by atoms with Crippen LogP contribution in [0.2, 0.25) is 0 Å². The molecule has 2 heterocycles. The van der Waals surface area contributed by atoms with Gasteiger partial charge in [0.2, 0.25) is 11.8 Å². The number of methoxy groups -OCH3 is 2. The molecule has 8 nitrogen and oxygen atoms in total. The van der Waals surface area contributed by atoms with Gasteiger partial charge < -0.3 is 20.1 Å². The molecule has 0 spiro atoms. The summed E-state index contributed by atoms with van der Waals surface area (Å²) in [6.45, 7) is 3.71. The highest BCUT2D eigenvalue weighted by Crippen LogP contribution is 2.37. The largest absolute Gasteiger partial charge is 0.465 e. The number of rotatable bonds is 2. The number of ether oxygens (including phenoxy) is 2. The minimum absolute atomic E-state index is 0.0398. The van der Waals surface area contributed by atoms with Crippen LogP contribution in [0.15, 0.2) is 36.4 Å². The molecule has 2 aliphatic rings. The molecular weight excluding hydrogens is 388 g/mol. The molecule has 0 saturated carbocycles. The SMILES string of the molecule is COC(=O)c1ccc2c(c1)NC(=O)C2.COC(=O)c1ccc2c(c1)NC(=O)C2(C)C. The van der Waals surface area contributed by atoms with Crippen molar-refractivity contribution in [3.05, 3.63) is 58.7 Å². The third-order valence-corrected chi connectivity index (χ3v) is 5.09. The standard InChI is InChI=1S/C12H13NO3.C10H9NO3/c1-12(2)8-5-4-7(10(14)16-3)6-9(8)13-11(12)15;1-14-10(13)7-3-2-6-5-9(12)11-8(6)4-7/h4-6H,1-3H3,(H,13,15);2-4H,5H2,1H3,(H,11,12). The molecule has 0 radical (unpaired) electrons. The van der Waals surface area contributed by atoms with Gasteiger partial charge in [0.1, 0.15) is 0 Å². The van der Waals surface area contributed by atoms with Crippen LogP contribution in [0.25, 0.3) is 0 Å². The van der Waals surface area contributed by atoms with E-state index in [0.29, 0.717) is 28.9 Å². The first-order valence-electron chi connectivity index (χ1n) is 9.22. The fraction of sp³-hybridized carbons (Fsp3) is 0.273. The Kier molecular flexibility index (Phi) is 5.60. The van der Waals surface area contributed by atoms with Gasteiger partial charge in [-0.1, -0.05) is 12.1 Å². The van der Waals surface area contributed by atoms with Gasteiger partial charge in [-0.2, -0.15) is 0 Å². The van der Waals surface area contributed by atoms with E-state index in [4.69, 9.17) is 0 Å². The summed E-state index contributed by atoms with van der Waals surface area (Å²) in [6, 6.07) is 10.2. The van der Waals surface area contributed by atoms with E-state index in [1.807, 2.05) is 13.8 Å². The molecule has 0 aromatic heterocycles. The molecule has 2 aromatic carbocycles. The maximum absolute atomic E-state index is 11.7. The molecule has 4 rings (SSSR count). The Labute approximate surface area is 173 Å². The second-order valence-electron chi connectivity index (χ2n) is 7.42. The number of nitrogens with one attached hydrogen (secondary N) is 2. The first kappa shape index (κ1) is 21.0. The fourth-order valence-corrected chi connectivity index (χ4v) is 3.30. The van der Waals surface area contributed by atoms with Crippen molar-refractivity contribution in [1.29, 1.82) is 0 Å². The summed E-state index contributed by atoms with van der Waals surface area (Å²) in [5.41, 5.74) is 3.58. The van der Waals surface area contributed by atoms with Crippen molar-refractivity contribution in [1.82, 2.24) is 0 Å². The molecule has 0 unspecified atom stereocenters. The van der Waals surface area contributed by atoms with Crippen molar-refractivity contribution in [3.63, 3.8) is 0 Å². The summed E-state index contributed by atoms with van der Waals surface area (Å²) in [5.74, 6) is -0.887. The first-order chi connectivity index (χ1) is 14.2. The lowest BCUT2D eigenvalue weighted by Crippen LogP contribution is -2.26. The van der Waals surface area contributed by atoms with E-state index in [0.717, 1.165) is 11.1 Å². The van der Waals surface area contributed by atoms with Gasteiger partial charge in [0.05, 0.1) is 37.2 Å². The van der Waals surface area contributed by atoms with E-state index in [1.54, 1.807) is 36.4 Å². The van der Waals surface area contributed by atoms with Gasteiger partial charge >= 0.3 is 11.9 Å². The smallest absolute Gasteiger partial charge is 0.337 e. The zero-order chi connectivity index (χ0) is 22.1. The Balaban J connectivity index is 0.000000172. The number of benzene rings is 2. The number of fused-ring (bicyclic) bond motifs is 2. The Morgan fingerprint density at radius 3 is 2.03 bits per heavy atom. The van der Waals surface area contributed by atoms with Crippen molar-refractivity contribution in [3.8, 4) is 0 Å². The first-order valence-corrected chi connectivity index (χ1v) is 9.22. The van der Waals surface area contributed by atoms with E-state index in [2.05, 4.69) is 20.1 Å². The van der Waals surface area contributed by atoms with Crippen LogP contribution in [-0.2, 0) is 30.9 Å². The van der Waals surface area contributed by atoms with E-state index < -0.39 is 17.4 Å². The van der Waals surface area contributed by atoms with Crippen molar-refractivity contribution in [2.24, 2.45) is 0 Å². The van der Waals surface area contributed by atoms with E-state index in [9.17, 15) is 19.2 Å². The number of amides is 2. The van der Waals surface area contributed by atoms with Gasteiger partial charge in [-0.3, -0.25) is 9.59 Å². The van der Waals surface area contributed by atoms with Gasteiger partial charge in [0, 0.05) is 11.4 Å². The minimum atomic E-state index is -0.538. The molecule has 8 heteroatoms. The van der Waals surface area contributed by atoms with Gasteiger partial charge in [0.15, 0.2) is 0 Å². The Morgan fingerprint density at radius 2 is 1.43 bits per heavy atom. The quantitative estimate of drug-likeness (QED) is 0.737. The molecule has 0 bridgehead atoms. The summed E-state index contributed by atoms with van der Waals surface area (Å²) >= 11 is 0. The summed E-state index contributed by atoms with van der Waals surface area (Å²) in [7, 11) is 2.66. The highest BCUT2D eigenvalue weighted by atomic mass is 16.5. The van der Waals surface area contributed by atoms with E-state index in [1.165, 1.54) is 14.2 Å². The van der Waals surface area contributed by atoms with Crippen molar-refractivity contribution in [2.75, 3.05) is 24.9 Å². The second kappa shape index (κ2) is 7.98. The van der Waals surface area contributed by atoms with Crippen LogP contribution >= 0.6 is 0 Å². The molecular formula is C22H22N2O6. The number of esters is 2. The number of carbonyl (C=O) groups is 4. The van der Waals surface area contributed by atoms with Crippen molar-refractivity contribution >= 4 is 35.1 Å². The highest BCUT2D eigenvalue weighted by molar-refractivity contribution is 6.06. The fourth-order valence-electron chi connectivity index (χ4n) is 3.30. The molecule has 2 N–H and O–H groups in total. The van der Waals surface area contributed by atoms with Crippen LogP contribution in [0.3, 0.4) is 0 Å². The Hall–Kier alpha value is -3.68. The predicted octanol–water partition coefficient (Wildman–Crippen LogP) is 2.67. The summed E-state index contributed by atoms with van der Waals surface area (Å²) < 4.78 is 9.19. The van der Waals surface area contributed by atoms with Crippen LogP contribution < -0.4 is 10.6 Å². The van der Waals surface area contributed by atoms with Crippen LogP contribution in [-0.4, -0.2) is 38.0 Å². The van der Waals surface area contributed by atoms with Crippen LogP contribution in [0, 0.1) is 0 Å². The van der Waals surface area contributed by atoms with Crippen LogP contribution in [0.5, 0.6) is 0 Å². The Bertz CT molecular complexity index is 1060. The third kappa shape index (κ3) is 3.89. The molecule has 0 saturated heterocycles. The van der Waals surface area contributed by atoms with Gasteiger partial charge in [-0.25, -0.2) is 9.59 Å². The Morgan fingerprint density at radius 1 is 0.867 bits per heavy atom. The van der Waals surface area contributed by atoms with Crippen LogP contribution in [0.1, 0.15) is 45.7 Å². The summed E-state index contributed by atoms with van der Waals surface area (Å²) in [4.78, 5) is 45.2. The molecule has 0 aliphatic carbocycles. The number of carbonyl (C=O) groups excluding carboxylic acids is 4. The van der Waals surface area contributed by atoms with Gasteiger partial charge in [0.25, 0.3) is 0 Å². The number of hydrogen-bond acceptors (Lipinski definition) is 6.